The number of guanidine groups is 1. The van der Waals surface area contributed by atoms with E-state index in [0.29, 0.717) is 18.5 Å². The summed E-state index contributed by atoms with van der Waals surface area (Å²) in [6, 6.07) is 0.424. The number of nitrogens with two attached hydrogens (primary N) is 1. The van der Waals surface area contributed by atoms with Gasteiger partial charge >= 0.3 is 0 Å². The van der Waals surface area contributed by atoms with E-state index in [2.05, 4.69) is 25.7 Å². The zero-order chi connectivity index (χ0) is 13.9. The number of aliphatic imine (C=N–C) groups is 2. The van der Waals surface area contributed by atoms with Crippen LogP contribution >= 0.6 is 0 Å². The molecule has 0 amide bonds. The highest BCUT2D eigenvalue weighted by molar-refractivity contribution is 6.09. The molecule has 4 heterocycles. The number of hydrogen-bond donors (Lipinski definition) is 4. The lowest BCUT2D eigenvalue weighted by atomic mass is 9.88. The summed E-state index contributed by atoms with van der Waals surface area (Å²) in [6.45, 7) is 2.50. The van der Waals surface area contributed by atoms with Crippen LogP contribution in [0.1, 0.15) is 32.6 Å². The number of fused-ring (bicyclic) bond motifs is 2. The molecule has 0 aliphatic carbocycles. The number of hydrogen-bond acceptors (Lipinski definition) is 7. The molecule has 0 bridgehead atoms. The number of nitrogens with zero attached hydrogens (tertiary/aromatic N) is 3. The molecule has 0 aromatic carbocycles. The molecule has 0 aromatic rings. The second kappa shape index (κ2) is 3.95. The van der Waals surface area contributed by atoms with Gasteiger partial charge in [-0.05, 0) is 32.6 Å². The van der Waals surface area contributed by atoms with Crippen molar-refractivity contribution in [3.8, 4) is 0 Å². The van der Waals surface area contributed by atoms with Gasteiger partial charge in [0, 0.05) is 18.3 Å². The van der Waals surface area contributed by atoms with E-state index in [9.17, 15) is 5.11 Å². The molecule has 7 heteroatoms. The molecule has 3 atom stereocenters. The Morgan fingerprint density at radius 3 is 3.15 bits per heavy atom. The summed E-state index contributed by atoms with van der Waals surface area (Å²) in [5.74, 6) is 1.19. The van der Waals surface area contributed by atoms with Crippen LogP contribution in [0.4, 0.5) is 0 Å². The first-order valence-corrected chi connectivity index (χ1v) is 7.19. The maximum atomic E-state index is 10.4. The smallest absolute Gasteiger partial charge is 0.219 e. The normalized spacial score (nSPS) is 39.4. The molecular weight excluding hydrogens is 256 g/mol. The number of piperidine rings is 1. The maximum absolute atomic E-state index is 10.4. The largest absolute Gasteiger partial charge is 0.388 e. The van der Waals surface area contributed by atoms with Crippen LogP contribution in [-0.4, -0.2) is 46.2 Å². The fourth-order valence-electron chi connectivity index (χ4n) is 3.63. The Morgan fingerprint density at radius 1 is 1.45 bits per heavy atom. The van der Waals surface area contributed by atoms with Crippen LogP contribution in [0.3, 0.4) is 0 Å². The second-order valence-electron chi connectivity index (χ2n) is 6.34. The monoisotopic (exact) mass is 276 g/mol. The molecule has 0 radical (unpaired) electrons. The first kappa shape index (κ1) is 12.2. The Bertz CT molecular complexity index is 549. The van der Waals surface area contributed by atoms with Gasteiger partial charge in [0.05, 0.1) is 11.2 Å². The number of allylic oxidation sites excluding steroid dienone is 1. The molecule has 20 heavy (non-hydrogen) atoms. The summed E-state index contributed by atoms with van der Waals surface area (Å²) in [4.78, 5) is 11.0. The van der Waals surface area contributed by atoms with Crippen molar-refractivity contribution in [1.82, 2.24) is 15.8 Å². The van der Waals surface area contributed by atoms with E-state index >= 15 is 0 Å². The van der Waals surface area contributed by atoms with E-state index < -0.39 is 5.60 Å². The lowest BCUT2D eigenvalue weighted by molar-refractivity contribution is -0.0138. The Labute approximate surface area is 117 Å². The minimum absolute atomic E-state index is 0.150. The Kier molecular flexibility index (Phi) is 2.41. The van der Waals surface area contributed by atoms with Crippen molar-refractivity contribution in [2.45, 2.75) is 50.4 Å². The molecule has 0 spiro atoms. The third kappa shape index (κ3) is 1.73. The molecule has 7 nitrogen and oxygen atoms in total. The van der Waals surface area contributed by atoms with Crippen molar-refractivity contribution in [2.24, 2.45) is 15.7 Å². The van der Waals surface area contributed by atoms with Gasteiger partial charge in [0.25, 0.3) is 0 Å². The maximum Gasteiger partial charge on any atom is 0.219 e. The Hall–Kier alpha value is -1.60. The van der Waals surface area contributed by atoms with Gasteiger partial charge in [0.15, 0.2) is 6.17 Å². The molecule has 1 saturated heterocycles. The van der Waals surface area contributed by atoms with Gasteiger partial charge in [-0.25, -0.2) is 10.4 Å². The average Bonchev–Trinajstić information content (AvgIpc) is 2.71. The molecule has 4 rings (SSSR count). The quantitative estimate of drug-likeness (QED) is 0.474. The van der Waals surface area contributed by atoms with Gasteiger partial charge in [0.1, 0.15) is 5.84 Å². The minimum atomic E-state index is -0.664. The summed E-state index contributed by atoms with van der Waals surface area (Å²) < 4.78 is 0. The SMILES string of the molecule is C[C@]1(O)CCC2CCC3=C4C(=NC(N)=NC4NN3)N2C1. The first-order chi connectivity index (χ1) is 9.53. The van der Waals surface area contributed by atoms with Crippen LogP contribution in [0, 0.1) is 0 Å². The minimum Gasteiger partial charge on any atom is -0.388 e. The molecule has 5 N–H and O–H groups in total. The van der Waals surface area contributed by atoms with Crippen LogP contribution < -0.4 is 16.6 Å². The zero-order valence-corrected chi connectivity index (χ0v) is 11.6. The Balaban J connectivity index is 1.79. The van der Waals surface area contributed by atoms with Crippen molar-refractivity contribution < 1.29 is 5.11 Å². The fourth-order valence-corrected chi connectivity index (χ4v) is 3.63. The molecule has 0 saturated carbocycles. The van der Waals surface area contributed by atoms with Crippen molar-refractivity contribution in [3.63, 3.8) is 0 Å². The summed E-state index contributed by atoms with van der Waals surface area (Å²) in [5, 5.41) is 10.4. The van der Waals surface area contributed by atoms with Gasteiger partial charge < -0.3 is 21.2 Å². The number of amidine groups is 1. The fraction of sp³-hybridized carbons (Fsp3) is 0.692. The van der Waals surface area contributed by atoms with Crippen molar-refractivity contribution in [3.05, 3.63) is 11.3 Å². The highest BCUT2D eigenvalue weighted by Gasteiger charge is 2.43. The second-order valence-corrected chi connectivity index (χ2v) is 6.34. The predicted octanol–water partition coefficient (Wildman–Crippen LogP) is -0.590. The van der Waals surface area contributed by atoms with Crippen molar-refractivity contribution in [1.29, 1.82) is 0 Å². The molecule has 4 aliphatic heterocycles. The van der Waals surface area contributed by atoms with Gasteiger partial charge in [0.2, 0.25) is 5.96 Å². The molecule has 1 fully saturated rings. The number of hydrazine groups is 1. The molecule has 4 aliphatic rings. The summed E-state index contributed by atoms with van der Waals surface area (Å²) >= 11 is 0. The molecule has 2 unspecified atom stereocenters. The van der Waals surface area contributed by atoms with Crippen molar-refractivity contribution >= 4 is 11.8 Å². The highest BCUT2D eigenvalue weighted by atomic mass is 16.3. The van der Waals surface area contributed by atoms with Crippen LogP contribution in [0.5, 0.6) is 0 Å². The number of rotatable bonds is 0. The van der Waals surface area contributed by atoms with Gasteiger partial charge in [-0.2, -0.15) is 4.99 Å². The van der Waals surface area contributed by atoms with Gasteiger partial charge in [-0.1, -0.05) is 0 Å². The van der Waals surface area contributed by atoms with Crippen molar-refractivity contribution in [2.75, 3.05) is 6.54 Å². The van der Waals surface area contributed by atoms with Gasteiger partial charge in [-0.3, -0.25) is 0 Å². The van der Waals surface area contributed by atoms with E-state index in [0.717, 1.165) is 37.1 Å². The number of nitrogens with one attached hydrogen (secondary N) is 2. The van der Waals surface area contributed by atoms with E-state index in [-0.39, 0.29) is 6.17 Å². The number of aliphatic hydroxyl groups is 1. The van der Waals surface area contributed by atoms with E-state index in [4.69, 9.17) is 5.73 Å². The van der Waals surface area contributed by atoms with Crippen LogP contribution in [0.2, 0.25) is 0 Å². The van der Waals surface area contributed by atoms with E-state index in [1.807, 2.05) is 6.92 Å². The summed E-state index contributed by atoms with van der Waals surface area (Å²) in [6.07, 6.45) is 3.72. The molecular formula is C13H20N6O. The molecule has 0 aromatic heterocycles. The third-order valence-electron chi connectivity index (χ3n) is 4.65. The zero-order valence-electron chi connectivity index (χ0n) is 11.6. The van der Waals surface area contributed by atoms with E-state index in [1.54, 1.807) is 0 Å². The lowest BCUT2D eigenvalue weighted by Crippen LogP contribution is -2.55. The van der Waals surface area contributed by atoms with Crippen LogP contribution in [0.25, 0.3) is 0 Å². The summed E-state index contributed by atoms with van der Waals surface area (Å²) in [7, 11) is 0. The first-order valence-electron chi connectivity index (χ1n) is 7.19. The van der Waals surface area contributed by atoms with E-state index in [1.165, 1.54) is 5.70 Å². The van der Waals surface area contributed by atoms with Gasteiger partial charge in [-0.15, -0.1) is 0 Å². The lowest BCUT2D eigenvalue weighted by Gasteiger charge is -2.44. The Morgan fingerprint density at radius 2 is 2.30 bits per heavy atom. The highest BCUT2D eigenvalue weighted by Crippen LogP contribution is 2.36. The standard InChI is InChI=1S/C13H20N6O/c1-13(20)5-4-7-2-3-8-9-10(18-17-8)15-12(14)16-11(9)19(7)6-13/h7,10,17-18,20H,2-6H2,1H3,(H2,14,15)/t7?,10?,13-/m0/s1. The predicted molar refractivity (Wildman–Crippen MR) is 75.7 cm³/mol. The molecule has 108 valence electrons. The topological polar surface area (TPSA) is 98.3 Å². The van der Waals surface area contributed by atoms with Crippen LogP contribution in [0.15, 0.2) is 21.3 Å². The third-order valence-corrected chi connectivity index (χ3v) is 4.65. The van der Waals surface area contributed by atoms with Crippen LogP contribution in [-0.2, 0) is 0 Å². The average molecular weight is 276 g/mol. The summed E-state index contributed by atoms with van der Waals surface area (Å²) in [5.41, 5.74) is 13.8.